The van der Waals surface area contributed by atoms with Gasteiger partial charge < -0.3 is 5.32 Å². The third kappa shape index (κ3) is 4.30. The van der Waals surface area contributed by atoms with Crippen LogP contribution >= 0.6 is 58.8 Å². The molecule has 0 aliphatic heterocycles. The number of thioether (sulfide) groups is 1. The quantitative estimate of drug-likeness (QED) is 0.573. The summed E-state index contributed by atoms with van der Waals surface area (Å²) in [6, 6.07) is 3.26. The van der Waals surface area contributed by atoms with Crippen LogP contribution in [-0.2, 0) is 0 Å². The monoisotopic (exact) mass is 313 g/mol. The Morgan fingerprint density at radius 2 is 1.75 bits per heavy atom. The first-order valence-corrected chi connectivity index (χ1v) is 6.94. The molecular formula is C10H10Cl3NS2. The molecule has 88 valence electrons. The molecule has 0 saturated carbocycles. The van der Waals surface area contributed by atoms with Crippen molar-refractivity contribution in [1.29, 1.82) is 0 Å². The highest BCUT2D eigenvalue weighted by Gasteiger charge is 2.08. The smallest absolute Gasteiger partial charge is 0.138 e. The summed E-state index contributed by atoms with van der Waals surface area (Å²) < 4.78 is 0.662. The highest BCUT2D eigenvalue weighted by molar-refractivity contribution is 8.23. The van der Waals surface area contributed by atoms with Gasteiger partial charge in [-0.3, -0.25) is 0 Å². The van der Waals surface area contributed by atoms with Gasteiger partial charge in [0.05, 0.1) is 20.8 Å². The molecule has 1 nitrogen and oxygen atoms in total. The van der Waals surface area contributed by atoms with Gasteiger partial charge in [0.25, 0.3) is 0 Å². The second-order valence-corrected chi connectivity index (χ2v) is 6.80. The van der Waals surface area contributed by atoms with Crippen LogP contribution in [0, 0.1) is 0 Å². The molecule has 0 spiro atoms. The van der Waals surface area contributed by atoms with Gasteiger partial charge in [0, 0.05) is 5.25 Å². The van der Waals surface area contributed by atoms with Crippen LogP contribution in [0.25, 0.3) is 0 Å². The summed E-state index contributed by atoms with van der Waals surface area (Å²) in [5.41, 5.74) is 0.675. The number of hydrogen-bond donors (Lipinski definition) is 1. The van der Waals surface area contributed by atoms with Crippen LogP contribution < -0.4 is 5.32 Å². The Hall–Kier alpha value is 0.330. The number of rotatable bonds is 2. The van der Waals surface area contributed by atoms with E-state index in [0.29, 0.717) is 30.3 Å². The number of benzene rings is 1. The Bertz CT molecular complexity index is 407. The first kappa shape index (κ1) is 14.4. The van der Waals surface area contributed by atoms with E-state index in [1.54, 1.807) is 23.9 Å². The van der Waals surface area contributed by atoms with Gasteiger partial charge in [-0.2, -0.15) is 0 Å². The molecule has 0 radical (unpaired) electrons. The van der Waals surface area contributed by atoms with Gasteiger partial charge in [-0.25, -0.2) is 0 Å². The standard InChI is InChI=1S/C10H10Cl3NS2/c1-5(2)16-10(15)14-9-4-7(12)6(11)3-8(9)13/h3-5H,1-2H3,(H,14,15). The highest BCUT2D eigenvalue weighted by Crippen LogP contribution is 2.32. The maximum atomic E-state index is 6.01. The van der Waals surface area contributed by atoms with Crippen LogP contribution in [0.4, 0.5) is 5.69 Å². The first-order chi connectivity index (χ1) is 7.40. The molecule has 1 N–H and O–H groups in total. The van der Waals surface area contributed by atoms with Crippen molar-refractivity contribution in [2.45, 2.75) is 19.1 Å². The molecule has 0 heterocycles. The van der Waals surface area contributed by atoms with E-state index in [9.17, 15) is 0 Å². The fourth-order valence-corrected chi connectivity index (χ4v) is 2.85. The molecule has 1 aromatic rings. The molecule has 0 saturated heterocycles. The maximum Gasteiger partial charge on any atom is 0.138 e. The summed E-state index contributed by atoms with van der Waals surface area (Å²) in [6.45, 7) is 4.13. The Morgan fingerprint density at radius 3 is 2.31 bits per heavy atom. The van der Waals surface area contributed by atoms with Crippen molar-refractivity contribution >= 4 is 68.8 Å². The fraction of sp³-hybridized carbons (Fsp3) is 0.300. The van der Waals surface area contributed by atoms with Gasteiger partial charge in [-0.15, -0.1) is 0 Å². The largest absolute Gasteiger partial charge is 0.340 e. The van der Waals surface area contributed by atoms with Crippen LogP contribution in [0.15, 0.2) is 12.1 Å². The van der Waals surface area contributed by atoms with Gasteiger partial charge in [0.1, 0.15) is 4.32 Å². The SMILES string of the molecule is CC(C)SC(=S)Nc1cc(Cl)c(Cl)cc1Cl. The number of halogens is 3. The summed E-state index contributed by atoms with van der Waals surface area (Å²) in [5.74, 6) is 0. The second kappa shape index (κ2) is 6.31. The predicted molar refractivity (Wildman–Crippen MR) is 80.4 cm³/mol. The summed E-state index contributed by atoms with van der Waals surface area (Å²) in [5, 5.41) is 4.83. The first-order valence-electron chi connectivity index (χ1n) is 4.52. The zero-order valence-electron chi connectivity index (χ0n) is 8.68. The van der Waals surface area contributed by atoms with Crippen LogP contribution in [0.5, 0.6) is 0 Å². The van der Waals surface area contributed by atoms with Crippen LogP contribution in [0.3, 0.4) is 0 Å². The minimum Gasteiger partial charge on any atom is -0.340 e. The lowest BCUT2D eigenvalue weighted by atomic mass is 10.3. The molecular weight excluding hydrogens is 305 g/mol. The Labute approximate surface area is 120 Å². The lowest BCUT2D eigenvalue weighted by Gasteiger charge is -2.11. The maximum absolute atomic E-state index is 6.01. The molecule has 0 bridgehead atoms. The van der Waals surface area contributed by atoms with Crippen molar-refractivity contribution in [2.75, 3.05) is 5.32 Å². The summed E-state index contributed by atoms with van der Waals surface area (Å²) >= 11 is 24.4. The molecule has 6 heteroatoms. The molecule has 16 heavy (non-hydrogen) atoms. The molecule has 0 aromatic heterocycles. The molecule has 1 rings (SSSR count). The summed E-state index contributed by atoms with van der Waals surface area (Å²) in [7, 11) is 0. The van der Waals surface area contributed by atoms with E-state index in [0.717, 1.165) is 0 Å². The molecule has 1 aromatic carbocycles. The Morgan fingerprint density at radius 1 is 1.19 bits per heavy atom. The second-order valence-electron chi connectivity index (χ2n) is 3.33. The van der Waals surface area contributed by atoms with E-state index in [4.69, 9.17) is 47.0 Å². The van der Waals surface area contributed by atoms with Crippen molar-refractivity contribution in [2.24, 2.45) is 0 Å². The zero-order chi connectivity index (χ0) is 12.3. The van der Waals surface area contributed by atoms with Crippen molar-refractivity contribution in [3.63, 3.8) is 0 Å². The van der Waals surface area contributed by atoms with Gasteiger partial charge in [0.15, 0.2) is 0 Å². The third-order valence-electron chi connectivity index (χ3n) is 1.59. The Kier molecular flexibility index (Phi) is 5.68. The van der Waals surface area contributed by atoms with Gasteiger partial charge >= 0.3 is 0 Å². The van der Waals surface area contributed by atoms with E-state index >= 15 is 0 Å². The molecule has 0 aliphatic carbocycles. The minimum absolute atomic E-state index is 0.418. The van der Waals surface area contributed by atoms with Gasteiger partial charge in [-0.1, -0.05) is 72.6 Å². The molecule has 0 amide bonds. The van der Waals surface area contributed by atoms with Gasteiger partial charge in [-0.05, 0) is 12.1 Å². The normalized spacial score (nSPS) is 10.6. The average molecular weight is 315 g/mol. The number of thiocarbonyl (C=S) groups is 1. The predicted octanol–water partition coefficient (Wildman–Crippen LogP) is 5.49. The van der Waals surface area contributed by atoms with E-state index in [1.165, 1.54) is 0 Å². The van der Waals surface area contributed by atoms with Crippen LogP contribution in [0.2, 0.25) is 15.1 Å². The summed E-state index contributed by atoms with van der Waals surface area (Å²) in [6.07, 6.45) is 0. The topological polar surface area (TPSA) is 12.0 Å². The van der Waals surface area contributed by atoms with E-state index in [1.807, 2.05) is 0 Å². The molecule has 0 fully saturated rings. The number of nitrogens with one attached hydrogen (secondary N) is 1. The average Bonchev–Trinajstić information content (AvgIpc) is 2.12. The third-order valence-corrected chi connectivity index (χ3v) is 3.80. The lowest BCUT2D eigenvalue weighted by molar-refractivity contribution is 1.12. The van der Waals surface area contributed by atoms with E-state index < -0.39 is 0 Å². The zero-order valence-corrected chi connectivity index (χ0v) is 12.6. The lowest BCUT2D eigenvalue weighted by Crippen LogP contribution is -2.08. The van der Waals surface area contributed by atoms with Crippen molar-refractivity contribution in [1.82, 2.24) is 0 Å². The number of anilines is 1. The number of hydrogen-bond acceptors (Lipinski definition) is 2. The summed E-state index contributed by atoms with van der Waals surface area (Å²) in [4.78, 5) is 0. The minimum atomic E-state index is 0.418. The van der Waals surface area contributed by atoms with Gasteiger partial charge in [0.2, 0.25) is 0 Å². The van der Waals surface area contributed by atoms with Crippen LogP contribution in [-0.4, -0.2) is 9.57 Å². The fourth-order valence-electron chi connectivity index (χ4n) is 0.972. The Balaban J connectivity index is 2.81. The molecule has 0 aliphatic rings. The highest BCUT2D eigenvalue weighted by atomic mass is 35.5. The van der Waals surface area contributed by atoms with Crippen molar-refractivity contribution < 1.29 is 0 Å². The molecule has 0 unspecified atom stereocenters. The van der Waals surface area contributed by atoms with E-state index in [-0.39, 0.29) is 0 Å². The van der Waals surface area contributed by atoms with E-state index in [2.05, 4.69) is 19.2 Å². The van der Waals surface area contributed by atoms with Crippen molar-refractivity contribution in [3.05, 3.63) is 27.2 Å². The van der Waals surface area contributed by atoms with Crippen molar-refractivity contribution in [3.8, 4) is 0 Å². The molecule has 0 atom stereocenters. The van der Waals surface area contributed by atoms with Crippen LogP contribution in [0.1, 0.15) is 13.8 Å².